The van der Waals surface area contributed by atoms with Crippen LogP contribution in [0.1, 0.15) is 23.8 Å². The molecule has 1 amide bonds. The molecule has 3 nitrogen and oxygen atoms in total. The molecular weight excluding hydrogens is 294 g/mol. The van der Waals surface area contributed by atoms with Gasteiger partial charge in [-0.25, -0.2) is 8.78 Å². The van der Waals surface area contributed by atoms with Gasteiger partial charge in [0.15, 0.2) is 0 Å². The maximum absolute atomic E-state index is 12.2. The molecule has 0 fully saturated rings. The number of nitrogens with zero attached hydrogens (tertiary/aromatic N) is 2. The Balaban J connectivity index is 2.87. The number of hydrogen-bond acceptors (Lipinski definition) is 1. The Hall–Kier alpha value is -0.910. The van der Waals surface area contributed by atoms with Crippen molar-refractivity contribution in [2.45, 2.75) is 26.3 Å². The molecule has 6 heteroatoms. The smallest absolute Gasteiger partial charge is 0.270 e. The number of carbonyl (C=O) groups excluding carboxylic acids is 1. The maximum atomic E-state index is 12.2. The summed E-state index contributed by atoms with van der Waals surface area (Å²) in [7, 11) is 1.38. The normalized spacial score (nSPS) is 10.9. The second kappa shape index (κ2) is 6.14. The van der Waals surface area contributed by atoms with Gasteiger partial charge in [0.25, 0.3) is 12.3 Å². The number of rotatable bonds is 5. The highest BCUT2D eigenvalue weighted by Gasteiger charge is 2.19. The predicted octanol–water partition coefficient (Wildman–Crippen LogP) is 3.00. The Labute approximate surface area is 108 Å². The topological polar surface area (TPSA) is 25.2 Å². The molecule has 0 bridgehead atoms. The van der Waals surface area contributed by atoms with Crippen LogP contribution in [0.3, 0.4) is 0 Å². The maximum Gasteiger partial charge on any atom is 0.270 e. The van der Waals surface area contributed by atoms with Crippen LogP contribution in [-0.2, 0) is 6.54 Å². The first-order valence-electron chi connectivity index (χ1n) is 5.35. The van der Waals surface area contributed by atoms with Crippen LogP contribution >= 0.6 is 15.9 Å². The lowest BCUT2D eigenvalue weighted by molar-refractivity contribution is 0.0611. The van der Waals surface area contributed by atoms with E-state index in [0.717, 1.165) is 15.8 Å². The number of amides is 1. The second-order valence-electron chi connectivity index (χ2n) is 3.81. The van der Waals surface area contributed by atoms with Gasteiger partial charge in [0.1, 0.15) is 5.69 Å². The molecule has 0 saturated carbocycles. The van der Waals surface area contributed by atoms with Crippen molar-refractivity contribution < 1.29 is 13.6 Å². The summed E-state index contributed by atoms with van der Waals surface area (Å²) in [6, 6.07) is 1.65. The third-order valence-electron chi connectivity index (χ3n) is 2.31. The van der Waals surface area contributed by atoms with E-state index in [1.807, 2.05) is 6.92 Å². The average molecular weight is 309 g/mol. The van der Waals surface area contributed by atoms with E-state index in [-0.39, 0.29) is 5.91 Å². The number of aromatic nitrogens is 1. The van der Waals surface area contributed by atoms with E-state index >= 15 is 0 Å². The fraction of sp³-hybridized carbons (Fsp3) is 0.545. The van der Waals surface area contributed by atoms with E-state index in [0.29, 0.717) is 12.2 Å². The molecule has 1 rings (SSSR count). The Morgan fingerprint density at radius 1 is 1.59 bits per heavy atom. The summed E-state index contributed by atoms with van der Waals surface area (Å²) in [6.07, 6.45) is 0.148. The number of carbonyl (C=O) groups is 1. The Kier molecular flexibility index (Phi) is 5.11. The van der Waals surface area contributed by atoms with Crippen LogP contribution in [0.4, 0.5) is 8.78 Å². The summed E-state index contributed by atoms with van der Waals surface area (Å²) in [4.78, 5) is 13.0. The van der Waals surface area contributed by atoms with Crippen LogP contribution in [0, 0.1) is 0 Å². The minimum atomic E-state index is -2.51. The third kappa shape index (κ3) is 3.80. The van der Waals surface area contributed by atoms with Gasteiger partial charge in [0.05, 0.1) is 6.54 Å². The Morgan fingerprint density at radius 2 is 2.24 bits per heavy atom. The highest BCUT2D eigenvalue weighted by molar-refractivity contribution is 9.10. The van der Waals surface area contributed by atoms with Crippen LogP contribution in [0.15, 0.2) is 16.7 Å². The van der Waals surface area contributed by atoms with Crippen LogP contribution < -0.4 is 0 Å². The lowest BCUT2D eigenvalue weighted by Gasteiger charge is -2.17. The lowest BCUT2D eigenvalue weighted by Crippen LogP contribution is -2.32. The summed E-state index contributed by atoms with van der Waals surface area (Å²) < 4.78 is 27.0. The van der Waals surface area contributed by atoms with Crippen molar-refractivity contribution in [1.82, 2.24) is 9.47 Å². The highest BCUT2D eigenvalue weighted by Crippen LogP contribution is 2.17. The predicted molar refractivity (Wildman–Crippen MR) is 65.4 cm³/mol. The molecule has 17 heavy (non-hydrogen) atoms. The van der Waals surface area contributed by atoms with Crippen molar-refractivity contribution in [3.8, 4) is 0 Å². The highest BCUT2D eigenvalue weighted by atomic mass is 79.9. The van der Waals surface area contributed by atoms with Crippen molar-refractivity contribution in [2.75, 3.05) is 13.6 Å². The number of hydrogen-bond donors (Lipinski definition) is 0. The van der Waals surface area contributed by atoms with Crippen molar-refractivity contribution in [3.63, 3.8) is 0 Å². The van der Waals surface area contributed by atoms with Gasteiger partial charge in [-0.15, -0.1) is 0 Å². The molecule has 0 aliphatic rings. The number of aryl methyl sites for hydroxylation is 1. The minimum absolute atomic E-state index is 0.385. The molecule has 0 unspecified atom stereocenters. The van der Waals surface area contributed by atoms with Crippen molar-refractivity contribution in [2.24, 2.45) is 0 Å². The quantitative estimate of drug-likeness (QED) is 0.821. The van der Waals surface area contributed by atoms with Gasteiger partial charge in [0, 0.05) is 24.3 Å². The number of halogens is 3. The Morgan fingerprint density at radius 3 is 2.76 bits per heavy atom. The van der Waals surface area contributed by atoms with Gasteiger partial charge in [-0.2, -0.15) is 0 Å². The first-order chi connectivity index (χ1) is 7.95. The molecule has 1 aromatic heterocycles. The molecule has 0 aromatic carbocycles. The summed E-state index contributed by atoms with van der Waals surface area (Å²) in [5.41, 5.74) is 0.432. The van der Waals surface area contributed by atoms with Gasteiger partial charge >= 0.3 is 0 Å². The van der Waals surface area contributed by atoms with Gasteiger partial charge in [-0.05, 0) is 28.4 Å². The first-order valence-corrected chi connectivity index (χ1v) is 6.14. The molecule has 1 heterocycles. The molecule has 96 valence electrons. The van der Waals surface area contributed by atoms with Crippen LogP contribution in [0.2, 0.25) is 0 Å². The zero-order valence-electron chi connectivity index (χ0n) is 9.79. The molecule has 0 aliphatic heterocycles. The largest absolute Gasteiger partial charge is 0.342 e. The standard InChI is InChI=1S/C11H15BrF2N2O/c1-3-4-16-6-8(12)5-9(16)11(17)15(2)7-10(13)14/h5-6,10H,3-4,7H2,1-2H3. The van der Waals surface area contributed by atoms with Crippen molar-refractivity contribution in [3.05, 3.63) is 22.4 Å². The van der Waals surface area contributed by atoms with Crippen molar-refractivity contribution in [1.29, 1.82) is 0 Å². The molecule has 0 radical (unpaired) electrons. The van der Waals surface area contributed by atoms with E-state index in [4.69, 9.17) is 0 Å². The molecular formula is C11H15BrF2N2O. The summed E-state index contributed by atoms with van der Waals surface area (Å²) in [6.45, 7) is 2.13. The summed E-state index contributed by atoms with van der Waals surface area (Å²) in [5.74, 6) is -0.385. The fourth-order valence-corrected chi connectivity index (χ4v) is 2.03. The first kappa shape index (κ1) is 14.2. The Bertz CT molecular complexity index is 393. The van der Waals surface area contributed by atoms with Crippen molar-refractivity contribution >= 4 is 21.8 Å². The summed E-state index contributed by atoms with van der Waals surface area (Å²) >= 11 is 3.28. The van der Waals surface area contributed by atoms with E-state index in [1.165, 1.54) is 7.05 Å². The van der Waals surface area contributed by atoms with E-state index in [2.05, 4.69) is 15.9 Å². The van der Waals surface area contributed by atoms with Crippen LogP contribution in [-0.4, -0.2) is 35.4 Å². The monoisotopic (exact) mass is 308 g/mol. The molecule has 1 aromatic rings. The number of alkyl halides is 2. The summed E-state index contributed by atoms with van der Waals surface area (Å²) in [5, 5.41) is 0. The third-order valence-corrected chi connectivity index (χ3v) is 2.74. The molecule has 0 N–H and O–H groups in total. The van der Waals surface area contributed by atoms with Crippen LogP contribution in [0.25, 0.3) is 0 Å². The van der Waals surface area contributed by atoms with E-state index in [9.17, 15) is 13.6 Å². The SMILES string of the molecule is CCCn1cc(Br)cc1C(=O)N(C)CC(F)F. The van der Waals surface area contributed by atoms with Gasteiger partial charge < -0.3 is 9.47 Å². The fourth-order valence-electron chi connectivity index (χ4n) is 1.57. The van der Waals surface area contributed by atoms with Crippen LogP contribution in [0.5, 0.6) is 0 Å². The van der Waals surface area contributed by atoms with Gasteiger partial charge in [0.2, 0.25) is 0 Å². The molecule has 0 spiro atoms. The lowest BCUT2D eigenvalue weighted by atomic mass is 10.3. The molecule has 0 atom stereocenters. The minimum Gasteiger partial charge on any atom is -0.342 e. The zero-order valence-corrected chi connectivity index (χ0v) is 11.4. The van der Waals surface area contributed by atoms with E-state index in [1.54, 1.807) is 16.8 Å². The average Bonchev–Trinajstić information content (AvgIpc) is 2.58. The zero-order chi connectivity index (χ0) is 13.0. The second-order valence-corrected chi connectivity index (χ2v) is 4.73. The van der Waals surface area contributed by atoms with Gasteiger partial charge in [-0.1, -0.05) is 6.92 Å². The molecule has 0 aliphatic carbocycles. The van der Waals surface area contributed by atoms with Gasteiger partial charge in [-0.3, -0.25) is 4.79 Å². The molecule has 0 saturated heterocycles. The van der Waals surface area contributed by atoms with E-state index < -0.39 is 13.0 Å².